The van der Waals surface area contributed by atoms with Gasteiger partial charge in [0.15, 0.2) is 0 Å². The van der Waals surface area contributed by atoms with Gasteiger partial charge in [0.1, 0.15) is 0 Å². The number of carbonyl (C=O) groups excluding carboxylic acids is 1. The van der Waals surface area contributed by atoms with Crippen LogP contribution in [0.25, 0.3) is 0 Å². The number of rotatable bonds is 9. The fourth-order valence-electron chi connectivity index (χ4n) is 2.02. The molecule has 0 bridgehead atoms. The normalized spacial score (nSPS) is 14.4. The smallest absolute Gasteiger partial charge is 0.317 e. The lowest BCUT2D eigenvalue weighted by Gasteiger charge is -2.29. The Morgan fingerprint density at radius 2 is 1.81 bits per heavy atom. The molecule has 0 heterocycles. The average Bonchev–Trinajstić information content (AvgIpc) is 2.34. The van der Waals surface area contributed by atoms with Gasteiger partial charge in [0.05, 0.1) is 18.1 Å². The van der Waals surface area contributed by atoms with E-state index in [0.29, 0.717) is 13.0 Å². The van der Waals surface area contributed by atoms with Crippen LogP contribution in [0.2, 0.25) is 0 Å². The number of nitrogens with zero attached hydrogens (tertiary/aromatic N) is 1. The quantitative estimate of drug-likeness (QED) is 0.608. The maximum absolute atomic E-state index is 12.1. The number of hydrogen-bond acceptors (Lipinski definition) is 3. The van der Waals surface area contributed by atoms with E-state index >= 15 is 0 Å². The predicted molar refractivity (Wildman–Crippen MR) is 82.2 cm³/mol. The molecule has 0 rings (SSSR count). The summed E-state index contributed by atoms with van der Waals surface area (Å²) >= 11 is 0. The Balaban J connectivity index is 4.15. The zero-order valence-corrected chi connectivity index (χ0v) is 13.8. The SMILES string of the molecule is CCN(CC(C)(C)O)C(=O)NC(C)CCCC(C)C(=O)O. The lowest BCUT2D eigenvalue weighted by molar-refractivity contribution is -0.141. The molecular formula is C15H30N2O4. The van der Waals surface area contributed by atoms with Crippen molar-refractivity contribution in [3.63, 3.8) is 0 Å². The Kier molecular flexibility index (Phi) is 8.32. The molecule has 2 atom stereocenters. The summed E-state index contributed by atoms with van der Waals surface area (Å²) in [5.74, 6) is -1.13. The molecule has 0 fully saturated rings. The summed E-state index contributed by atoms with van der Waals surface area (Å²) in [5, 5.41) is 21.5. The van der Waals surface area contributed by atoms with Crippen molar-refractivity contribution in [1.29, 1.82) is 0 Å². The molecule has 0 aromatic heterocycles. The van der Waals surface area contributed by atoms with Gasteiger partial charge in [0, 0.05) is 12.6 Å². The molecule has 21 heavy (non-hydrogen) atoms. The highest BCUT2D eigenvalue weighted by molar-refractivity contribution is 5.74. The standard InChI is InChI=1S/C15H30N2O4/c1-6-17(10-15(4,5)21)14(20)16-12(3)9-7-8-11(2)13(18)19/h11-12,21H,6-10H2,1-5H3,(H,16,20)(H,18,19). The average molecular weight is 302 g/mol. The van der Waals surface area contributed by atoms with Gasteiger partial charge in [-0.15, -0.1) is 0 Å². The predicted octanol–water partition coefficient (Wildman–Crippen LogP) is 2.07. The first-order chi connectivity index (χ1) is 9.56. The molecule has 0 spiro atoms. The second kappa shape index (κ2) is 8.87. The molecule has 0 saturated heterocycles. The van der Waals surface area contributed by atoms with Gasteiger partial charge >= 0.3 is 12.0 Å². The van der Waals surface area contributed by atoms with Crippen molar-refractivity contribution in [3.05, 3.63) is 0 Å². The topological polar surface area (TPSA) is 89.9 Å². The molecule has 0 aliphatic heterocycles. The first kappa shape index (κ1) is 19.7. The van der Waals surface area contributed by atoms with Crippen LogP contribution in [0, 0.1) is 5.92 Å². The van der Waals surface area contributed by atoms with Crippen LogP contribution in [0.4, 0.5) is 4.79 Å². The first-order valence-corrected chi connectivity index (χ1v) is 7.57. The molecule has 0 aromatic rings. The second-order valence-electron chi connectivity index (χ2n) is 6.35. The minimum Gasteiger partial charge on any atom is -0.481 e. The number of likely N-dealkylation sites (N-methyl/N-ethyl adjacent to an activating group) is 1. The summed E-state index contributed by atoms with van der Waals surface area (Å²) in [4.78, 5) is 24.4. The van der Waals surface area contributed by atoms with Gasteiger partial charge in [-0.05, 0) is 40.5 Å². The number of carboxylic acid groups (broad SMARTS) is 1. The zero-order chi connectivity index (χ0) is 16.6. The van der Waals surface area contributed by atoms with Crippen molar-refractivity contribution in [2.24, 2.45) is 5.92 Å². The highest BCUT2D eigenvalue weighted by atomic mass is 16.4. The lowest BCUT2D eigenvalue weighted by atomic mass is 10.0. The van der Waals surface area contributed by atoms with Gasteiger partial charge in [-0.2, -0.15) is 0 Å². The third-order valence-electron chi connectivity index (χ3n) is 3.31. The minimum atomic E-state index is -0.923. The van der Waals surface area contributed by atoms with Gasteiger partial charge in [-0.25, -0.2) is 4.79 Å². The van der Waals surface area contributed by atoms with Crippen molar-refractivity contribution >= 4 is 12.0 Å². The molecule has 0 saturated carbocycles. The molecule has 6 nitrogen and oxygen atoms in total. The van der Waals surface area contributed by atoms with Gasteiger partial charge in [0.2, 0.25) is 0 Å². The number of nitrogens with one attached hydrogen (secondary N) is 1. The van der Waals surface area contributed by atoms with Gasteiger partial charge < -0.3 is 20.4 Å². The van der Waals surface area contributed by atoms with Crippen LogP contribution in [0.5, 0.6) is 0 Å². The van der Waals surface area contributed by atoms with Crippen molar-refractivity contribution in [1.82, 2.24) is 10.2 Å². The fourth-order valence-corrected chi connectivity index (χ4v) is 2.02. The highest BCUT2D eigenvalue weighted by Gasteiger charge is 2.22. The largest absolute Gasteiger partial charge is 0.481 e. The van der Waals surface area contributed by atoms with E-state index in [9.17, 15) is 14.7 Å². The Hall–Kier alpha value is -1.30. The third kappa shape index (κ3) is 9.28. The fraction of sp³-hybridized carbons (Fsp3) is 0.867. The van der Waals surface area contributed by atoms with Crippen molar-refractivity contribution < 1.29 is 19.8 Å². The van der Waals surface area contributed by atoms with Crippen LogP contribution in [0.3, 0.4) is 0 Å². The van der Waals surface area contributed by atoms with Crippen LogP contribution in [0.1, 0.15) is 53.9 Å². The molecule has 0 aliphatic carbocycles. The van der Waals surface area contributed by atoms with Crippen LogP contribution in [-0.2, 0) is 4.79 Å². The lowest BCUT2D eigenvalue weighted by Crippen LogP contribution is -2.48. The van der Waals surface area contributed by atoms with Crippen molar-refractivity contribution in [2.75, 3.05) is 13.1 Å². The van der Waals surface area contributed by atoms with E-state index in [-0.39, 0.29) is 24.5 Å². The second-order valence-corrected chi connectivity index (χ2v) is 6.35. The monoisotopic (exact) mass is 302 g/mol. The summed E-state index contributed by atoms with van der Waals surface area (Å²) in [5.41, 5.74) is -0.923. The van der Waals surface area contributed by atoms with E-state index in [0.717, 1.165) is 12.8 Å². The highest BCUT2D eigenvalue weighted by Crippen LogP contribution is 2.10. The summed E-state index contributed by atoms with van der Waals surface area (Å²) in [7, 11) is 0. The van der Waals surface area contributed by atoms with E-state index in [4.69, 9.17) is 5.11 Å². The maximum Gasteiger partial charge on any atom is 0.317 e. The molecular weight excluding hydrogens is 272 g/mol. The molecule has 0 aliphatic rings. The maximum atomic E-state index is 12.1. The molecule has 2 unspecified atom stereocenters. The third-order valence-corrected chi connectivity index (χ3v) is 3.31. The van der Waals surface area contributed by atoms with Gasteiger partial charge in [-0.3, -0.25) is 4.79 Å². The number of carbonyl (C=O) groups is 2. The first-order valence-electron chi connectivity index (χ1n) is 7.57. The van der Waals surface area contributed by atoms with E-state index in [2.05, 4.69) is 5.32 Å². The Labute approximate surface area is 127 Å². The Morgan fingerprint density at radius 3 is 2.24 bits per heavy atom. The number of urea groups is 1. The number of carboxylic acids is 1. The summed E-state index contributed by atoms with van der Waals surface area (Å²) in [6, 6.07) is -0.215. The molecule has 0 radical (unpaired) electrons. The van der Waals surface area contributed by atoms with Gasteiger partial charge in [0.25, 0.3) is 0 Å². The number of aliphatic carboxylic acids is 1. The Bertz CT molecular complexity index is 339. The van der Waals surface area contributed by atoms with Crippen molar-refractivity contribution in [2.45, 2.75) is 65.5 Å². The summed E-state index contributed by atoms with van der Waals surface area (Å²) in [6.45, 7) is 9.59. The molecule has 6 heteroatoms. The zero-order valence-electron chi connectivity index (χ0n) is 13.8. The minimum absolute atomic E-state index is 0.0191. The van der Waals surface area contributed by atoms with E-state index in [1.807, 2.05) is 13.8 Å². The number of amides is 2. The molecule has 2 amide bonds. The Morgan fingerprint density at radius 1 is 1.24 bits per heavy atom. The van der Waals surface area contributed by atoms with Gasteiger partial charge in [-0.1, -0.05) is 13.3 Å². The number of hydrogen-bond donors (Lipinski definition) is 3. The molecule has 3 N–H and O–H groups in total. The van der Waals surface area contributed by atoms with Crippen LogP contribution < -0.4 is 5.32 Å². The van der Waals surface area contributed by atoms with Crippen LogP contribution >= 0.6 is 0 Å². The van der Waals surface area contributed by atoms with E-state index < -0.39 is 11.6 Å². The number of aliphatic hydroxyl groups is 1. The van der Waals surface area contributed by atoms with E-state index in [1.165, 1.54) is 0 Å². The molecule has 124 valence electrons. The molecule has 0 aromatic carbocycles. The van der Waals surface area contributed by atoms with Crippen LogP contribution in [0.15, 0.2) is 0 Å². The van der Waals surface area contributed by atoms with E-state index in [1.54, 1.807) is 25.7 Å². The van der Waals surface area contributed by atoms with Crippen LogP contribution in [-0.4, -0.2) is 51.8 Å². The summed E-state index contributed by atoms with van der Waals surface area (Å²) in [6.07, 6.45) is 2.10. The van der Waals surface area contributed by atoms with Crippen molar-refractivity contribution in [3.8, 4) is 0 Å². The summed E-state index contributed by atoms with van der Waals surface area (Å²) < 4.78 is 0.